The molecule has 0 aliphatic rings. The van der Waals surface area contributed by atoms with E-state index in [1.54, 1.807) is 0 Å². The molecule has 102 valence electrons. The van der Waals surface area contributed by atoms with Gasteiger partial charge in [-0.3, -0.25) is 0 Å². The molecule has 0 bridgehead atoms. The molecular weight excluding hydrogens is 285 g/mol. The second-order valence-corrected chi connectivity index (χ2v) is 3.39. The average molecular weight is 292 g/mol. The summed E-state index contributed by atoms with van der Waals surface area (Å²) in [5, 5.41) is 8.81. The summed E-state index contributed by atoms with van der Waals surface area (Å²) >= 11 is 5.32. The summed E-state index contributed by atoms with van der Waals surface area (Å²) in [6.07, 6.45) is -8.03. The average Bonchev–Trinajstić information content (AvgIpc) is 2.25. The summed E-state index contributed by atoms with van der Waals surface area (Å²) < 4.78 is 64.8. The Labute approximate surface area is 103 Å². The lowest BCUT2D eigenvalue weighted by atomic mass is 10.1. The molecule has 1 aromatic rings. The molecular formula is C9H7ClF5NO2. The first-order valence-corrected chi connectivity index (χ1v) is 5.05. The van der Waals surface area contributed by atoms with Crippen molar-refractivity contribution in [1.82, 2.24) is 4.98 Å². The highest BCUT2D eigenvalue weighted by molar-refractivity contribution is 6.17. The van der Waals surface area contributed by atoms with Crippen molar-refractivity contribution < 1.29 is 31.8 Å². The highest BCUT2D eigenvalue weighted by Gasteiger charge is 2.33. The molecule has 1 rings (SSSR count). The summed E-state index contributed by atoms with van der Waals surface area (Å²) in [4.78, 5) is 3.28. The third kappa shape index (κ3) is 3.67. The molecule has 3 nitrogen and oxygen atoms in total. The molecule has 1 heterocycles. The number of halogens is 6. The number of rotatable bonds is 4. The number of hydrogen-bond acceptors (Lipinski definition) is 3. The van der Waals surface area contributed by atoms with Gasteiger partial charge in [0.05, 0.1) is 18.2 Å². The van der Waals surface area contributed by atoms with Gasteiger partial charge in [0.15, 0.2) is 5.75 Å². The quantitative estimate of drug-likeness (QED) is 0.684. The van der Waals surface area contributed by atoms with E-state index in [4.69, 9.17) is 16.7 Å². The van der Waals surface area contributed by atoms with Gasteiger partial charge in [0.2, 0.25) is 0 Å². The second-order valence-electron chi connectivity index (χ2n) is 3.12. The van der Waals surface area contributed by atoms with Crippen LogP contribution in [0.1, 0.15) is 23.4 Å². The lowest BCUT2D eigenvalue weighted by molar-refractivity contribution is -0.275. The van der Waals surface area contributed by atoms with Crippen molar-refractivity contribution in [2.75, 3.05) is 0 Å². The fourth-order valence-electron chi connectivity index (χ4n) is 1.21. The maximum atomic E-state index is 12.5. The van der Waals surface area contributed by atoms with Crippen LogP contribution in [0.4, 0.5) is 22.0 Å². The van der Waals surface area contributed by atoms with Gasteiger partial charge in [-0.1, -0.05) is 0 Å². The largest absolute Gasteiger partial charge is 0.573 e. The lowest BCUT2D eigenvalue weighted by Gasteiger charge is -2.14. The van der Waals surface area contributed by atoms with Gasteiger partial charge in [-0.2, -0.15) is 0 Å². The number of aliphatic hydroxyl groups is 1. The molecule has 1 N–H and O–H groups in total. The first-order chi connectivity index (χ1) is 8.28. The monoisotopic (exact) mass is 291 g/mol. The first kappa shape index (κ1) is 14.9. The molecule has 1 aromatic heterocycles. The zero-order valence-electron chi connectivity index (χ0n) is 8.64. The smallest absolute Gasteiger partial charge is 0.404 e. The minimum Gasteiger partial charge on any atom is -0.404 e. The van der Waals surface area contributed by atoms with Gasteiger partial charge in [0.1, 0.15) is 5.69 Å². The molecule has 0 radical (unpaired) electrons. The Morgan fingerprint density at radius 2 is 2.00 bits per heavy atom. The van der Waals surface area contributed by atoms with Crippen molar-refractivity contribution in [2.45, 2.75) is 25.3 Å². The van der Waals surface area contributed by atoms with Gasteiger partial charge in [-0.05, 0) is 6.07 Å². The number of aromatic nitrogens is 1. The van der Waals surface area contributed by atoms with Crippen molar-refractivity contribution in [1.29, 1.82) is 0 Å². The van der Waals surface area contributed by atoms with Crippen LogP contribution < -0.4 is 4.74 Å². The number of aliphatic hydroxyl groups excluding tert-OH is 1. The maximum absolute atomic E-state index is 12.5. The third-order valence-corrected chi connectivity index (χ3v) is 2.16. The van der Waals surface area contributed by atoms with Gasteiger partial charge < -0.3 is 9.84 Å². The van der Waals surface area contributed by atoms with Crippen LogP contribution >= 0.6 is 11.6 Å². The Morgan fingerprint density at radius 3 is 2.39 bits per heavy atom. The van der Waals surface area contributed by atoms with Gasteiger partial charge in [-0.15, -0.1) is 24.8 Å². The predicted octanol–water partition coefficient (Wildman–Crippen LogP) is 3.15. The van der Waals surface area contributed by atoms with E-state index in [1.165, 1.54) is 0 Å². The van der Waals surface area contributed by atoms with Crippen LogP contribution in [-0.4, -0.2) is 16.5 Å². The fraction of sp³-hybridized carbons (Fsp3) is 0.444. The molecule has 0 atom stereocenters. The highest BCUT2D eigenvalue weighted by atomic mass is 35.5. The Kier molecular flexibility index (Phi) is 4.69. The molecule has 0 aliphatic carbocycles. The van der Waals surface area contributed by atoms with Crippen LogP contribution in [0.25, 0.3) is 0 Å². The molecule has 0 saturated carbocycles. The van der Waals surface area contributed by atoms with Crippen LogP contribution in [0.15, 0.2) is 6.07 Å². The minimum absolute atomic E-state index is 0.446. The Hall–Kier alpha value is -1.15. The lowest BCUT2D eigenvalue weighted by Crippen LogP contribution is -2.19. The maximum Gasteiger partial charge on any atom is 0.573 e. The predicted molar refractivity (Wildman–Crippen MR) is 51.4 cm³/mol. The normalized spacial score (nSPS) is 12.0. The van der Waals surface area contributed by atoms with Gasteiger partial charge >= 0.3 is 6.36 Å². The van der Waals surface area contributed by atoms with Crippen molar-refractivity contribution in [3.63, 3.8) is 0 Å². The zero-order chi connectivity index (χ0) is 13.9. The molecule has 9 heteroatoms. The van der Waals surface area contributed by atoms with Crippen molar-refractivity contribution >= 4 is 11.6 Å². The van der Waals surface area contributed by atoms with E-state index in [0.29, 0.717) is 6.07 Å². The number of alkyl halides is 6. The Bertz CT molecular complexity index is 424. The van der Waals surface area contributed by atoms with E-state index in [2.05, 4.69) is 9.72 Å². The zero-order valence-corrected chi connectivity index (χ0v) is 9.40. The van der Waals surface area contributed by atoms with Crippen LogP contribution in [0.2, 0.25) is 0 Å². The number of nitrogens with zero attached hydrogens (tertiary/aromatic N) is 1. The van der Waals surface area contributed by atoms with E-state index >= 15 is 0 Å². The van der Waals surface area contributed by atoms with Crippen LogP contribution in [0.5, 0.6) is 5.75 Å². The minimum atomic E-state index is -5.00. The SMILES string of the molecule is OCc1cc(OC(F)(F)F)c(CCl)nc1C(F)F. The van der Waals surface area contributed by atoms with E-state index in [-0.39, 0.29) is 0 Å². The van der Waals surface area contributed by atoms with Gasteiger partial charge in [-0.25, -0.2) is 13.8 Å². The summed E-state index contributed by atoms with van der Waals surface area (Å²) in [5.74, 6) is -1.33. The molecule has 18 heavy (non-hydrogen) atoms. The van der Waals surface area contributed by atoms with E-state index in [1.807, 2.05) is 0 Å². The number of pyridine rings is 1. The molecule has 0 aliphatic heterocycles. The fourth-order valence-corrected chi connectivity index (χ4v) is 1.40. The Balaban J connectivity index is 3.26. The third-order valence-electron chi connectivity index (χ3n) is 1.90. The van der Waals surface area contributed by atoms with Crippen LogP contribution in [0.3, 0.4) is 0 Å². The van der Waals surface area contributed by atoms with Gasteiger partial charge in [0, 0.05) is 5.56 Å². The molecule has 0 unspecified atom stereocenters. The van der Waals surface area contributed by atoms with E-state index in [9.17, 15) is 22.0 Å². The molecule has 0 aromatic carbocycles. The summed E-state index contributed by atoms with van der Waals surface area (Å²) in [6, 6.07) is 0.652. The topological polar surface area (TPSA) is 42.4 Å². The van der Waals surface area contributed by atoms with E-state index in [0.717, 1.165) is 0 Å². The van der Waals surface area contributed by atoms with Crippen molar-refractivity contribution in [3.8, 4) is 5.75 Å². The van der Waals surface area contributed by atoms with E-state index < -0.39 is 48.0 Å². The number of hydrogen-bond donors (Lipinski definition) is 1. The highest BCUT2D eigenvalue weighted by Crippen LogP contribution is 2.31. The standard InChI is InChI=1S/C9H7ClF5NO2/c10-2-5-6(18-9(13,14)15)1-4(3-17)7(16-5)8(11)12/h1,8,17H,2-3H2. The summed E-state index contributed by atoms with van der Waals surface area (Å²) in [7, 11) is 0. The van der Waals surface area contributed by atoms with Crippen molar-refractivity contribution in [3.05, 3.63) is 23.0 Å². The summed E-state index contributed by atoms with van der Waals surface area (Å²) in [5.41, 5.74) is -1.73. The number of ether oxygens (including phenoxy) is 1. The molecule has 0 fully saturated rings. The molecule has 0 saturated heterocycles. The summed E-state index contributed by atoms with van der Waals surface area (Å²) in [6.45, 7) is -0.885. The first-order valence-electron chi connectivity index (χ1n) is 4.52. The van der Waals surface area contributed by atoms with Crippen LogP contribution in [0, 0.1) is 0 Å². The Morgan fingerprint density at radius 1 is 1.39 bits per heavy atom. The molecule has 0 amide bonds. The van der Waals surface area contributed by atoms with Gasteiger partial charge in [0.25, 0.3) is 6.43 Å². The molecule has 0 spiro atoms. The second kappa shape index (κ2) is 5.66. The van der Waals surface area contributed by atoms with Crippen molar-refractivity contribution in [2.24, 2.45) is 0 Å². The van der Waals surface area contributed by atoms with Crippen LogP contribution in [-0.2, 0) is 12.5 Å².